The lowest BCUT2D eigenvalue weighted by Gasteiger charge is -2.03. The quantitative estimate of drug-likeness (QED) is 0.487. The Kier molecular flexibility index (Phi) is 5.46. The van der Waals surface area contributed by atoms with E-state index in [1.807, 2.05) is 18.2 Å². The minimum Gasteiger partial charge on any atom is -0.496 e. The van der Waals surface area contributed by atoms with E-state index in [4.69, 9.17) is 9.15 Å². The lowest BCUT2D eigenvalue weighted by Crippen LogP contribution is -2.05. The van der Waals surface area contributed by atoms with E-state index >= 15 is 0 Å². The van der Waals surface area contributed by atoms with Crippen LogP contribution >= 0.6 is 11.8 Å². The molecular formula is C19H19N3O4S. The topological polar surface area (TPSA) is 98.1 Å². The van der Waals surface area contributed by atoms with E-state index in [0.717, 1.165) is 11.8 Å². The fraction of sp³-hybridized carbons (Fsp3) is 0.263. The highest BCUT2D eigenvalue weighted by molar-refractivity contribution is 7.99. The number of H-pyrrole nitrogens is 1. The van der Waals surface area contributed by atoms with Gasteiger partial charge in [-0.15, -0.1) is 10.2 Å². The molecule has 0 aliphatic carbocycles. The van der Waals surface area contributed by atoms with Gasteiger partial charge in [-0.3, -0.25) is 9.59 Å². The van der Waals surface area contributed by atoms with Gasteiger partial charge in [0.1, 0.15) is 5.75 Å². The number of rotatable bonds is 7. The Hall–Kier alpha value is -2.87. The number of carbonyl (C=O) groups is 2. The Morgan fingerprint density at radius 1 is 1.22 bits per heavy atom. The molecule has 0 fully saturated rings. The molecule has 3 rings (SSSR count). The first-order valence-corrected chi connectivity index (χ1v) is 9.24. The van der Waals surface area contributed by atoms with Crippen LogP contribution in [0.2, 0.25) is 0 Å². The Morgan fingerprint density at radius 3 is 2.63 bits per heavy atom. The van der Waals surface area contributed by atoms with Gasteiger partial charge in [-0.25, -0.2) is 0 Å². The summed E-state index contributed by atoms with van der Waals surface area (Å²) in [5, 5.41) is 8.29. The molecule has 0 unspecified atom stereocenters. The van der Waals surface area contributed by atoms with Gasteiger partial charge in [-0.1, -0.05) is 23.9 Å². The van der Waals surface area contributed by atoms with E-state index in [9.17, 15) is 9.59 Å². The van der Waals surface area contributed by atoms with Crippen LogP contribution in [-0.2, 0) is 0 Å². The third-order valence-corrected chi connectivity index (χ3v) is 4.96. The van der Waals surface area contributed by atoms with Gasteiger partial charge in [0.15, 0.2) is 11.6 Å². The van der Waals surface area contributed by atoms with Gasteiger partial charge >= 0.3 is 0 Å². The number of methoxy groups -OCH3 is 1. The van der Waals surface area contributed by atoms with Crippen molar-refractivity contribution in [2.45, 2.75) is 26.0 Å². The molecule has 0 saturated carbocycles. The second kappa shape index (κ2) is 7.79. The number of carbonyl (C=O) groups excluding carboxylic acids is 2. The second-order valence-corrected chi connectivity index (χ2v) is 6.89. The third-order valence-electron chi connectivity index (χ3n) is 4.14. The number of hydrogen-bond donors (Lipinski definition) is 1. The molecule has 0 atom stereocenters. The summed E-state index contributed by atoms with van der Waals surface area (Å²) in [6.07, 6.45) is 0. The molecule has 0 amide bonds. The number of nitrogens with zero attached hydrogens (tertiary/aromatic N) is 2. The van der Waals surface area contributed by atoms with Gasteiger partial charge in [-0.2, -0.15) is 0 Å². The maximum absolute atomic E-state index is 12.5. The molecule has 0 saturated heterocycles. The van der Waals surface area contributed by atoms with E-state index < -0.39 is 0 Å². The van der Waals surface area contributed by atoms with Crippen LogP contribution in [-0.4, -0.2) is 39.6 Å². The number of hydrogen-bond acceptors (Lipinski definition) is 7. The largest absolute Gasteiger partial charge is 0.496 e. The van der Waals surface area contributed by atoms with Crippen molar-refractivity contribution in [3.63, 3.8) is 0 Å². The molecule has 0 aliphatic heterocycles. The predicted octanol–water partition coefficient (Wildman–Crippen LogP) is 3.87. The zero-order chi connectivity index (χ0) is 19.6. The van der Waals surface area contributed by atoms with Gasteiger partial charge in [0.2, 0.25) is 0 Å². The molecule has 2 aromatic heterocycles. The van der Waals surface area contributed by atoms with Gasteiger partial charge < -0.3 is 14.1 Å². The van der Waals surface area contributed by atoms with Gasteiger partial charge in [0.25, 0.3) is 11.1 Å². The Morgan fingerprint density at radius 2 is 1.96 bits per heavy atom. The fourth-order valence-corrected chi connectivity index (χ4v) is 3.59. The SMILES string of the molecule is COc1ccccc1-c1nnc(SCC(=O)c2[nH]c(C)c(C(C)=O)c2C)o1. The Bertz CT molecular complexity index is 1010. The fourth-order valence-electron chi connectivity index (χ4n) is 2.95. The highest BCUT2D eigenvalue weighted by atomic mass is 32.2. The first-order valence-electron chi connectivity index (χ1n) is 8.25. The standard InChI is InChI=1S/C19H19N3O4S/c1-10-16(12(3)23)11(2)20-17(10)14(24)9-27-19-22-21-18(26-19)13-7-5-6-8-15(13)25-4/h5-8,20H,9H2,1-4H3. The van der Waals surface area contributed by atoms with Gasteiger partial charge in [0, 0.05) is 11.3 Å². The van der Waals surface area contributed by atoms with Gasteiger partial charge in [-0.05, 0) is 38.5 Å². The van der Waals surface area contributed by atoms with Crippen molar-refractivity contribution in [3.8, 4) is 17.2 Å². The minimum atomic E-state index is -0.134. The maximum atomic E-state index is 12.5. The summed E-state index contributed by atoms with van der Waals surface area (Å²) in [5.41, 5.74) is 3.07. The summed E-state index contributed by atoms with van der Waals surface area (Å²) in [5.74, 6) is 0.874. The van der Waals surface area contributed by atoms with Crippen LogP contribution in [0.1, 0.15) is 39.0 Å². The molecule has 1 aromatic carbocycles. The molecule has 1 N–H and O–H groups in total. The summed E-state index contributed by atoms with van der Waals surface area (Å²) in [7, 11) is 1.57. The van der Waals surface area contributed by atoms with Crippen molar-refractivity contribution < 1.29 is 18.7 Å². The molecular weight excluding hydrogens is 366 g/mol. The van der Waals surface area contributed by atoms with Crippen molar-refractivity contribution in [3.05, 3.63) is 46.8 Å². The van der Waals surface area contributed by atoms with Gasteiger partial charge in [0.05, 0.1) is 24.1 Å². The van der Waals surface area contributed by atoms with Crippen LogP contribution in [0.25, 0.3) is 11.5 Å². The van der Waals surface area contributed by atoms with Crippen LogP contribution < -0.4 is 4.74 Å². The molecule has 0 aliphatic rings. The van der Waals surface area contributed by atoms with Crippen molar-refractivity contribution in [1.29, 1.82) is 0 Å². The summed E-state index contributed by atoms with van der Waals surface area (Å²) in [4.78, 5) is 27.3. The molecule has 27 heavy (non-hydrogen) atoms. The number of ether oxygens (including phenoxy) is 1. The number of aryl methyl sites for hydroxylation is 1. The van der Waals surface area contributed by atoms with Crippen molar-refractivity contribution in [1.82, 2.24) is 15.2 Å². The van der Waals surface area contributed by atoms with Crippen LogP contribution in [0, 0.1) is 13.8 Å². The lowest BCUT2D eigenvalue weighted by atomic mass is 10.1. The van der Waals surface area contributed by atoms with E-state index in [1.54, 1.807) is 27.0 Å². The first kappa shape index (κ1) is 18.9. The number of thioether (sulfide) groups is 1. The summed E-state index contributed by atoms with van der Waals surface area (Å²) < 4.78 is 10.9. The molecule has 0 spiro atoms. The number of nitrogens with one attached hydrogen (secondary N) is 1. The van der Waals surface area contributed by atoms with E-state index in [0.29, 0.717) is 39.7 Å². The number of ketones is 2. The number of benzene rings is 1. The molecule has 0 radical (unpaired) electrons. The number of aromatic nitrogens is 3. The van der Waals surface area contributed by atoms with Crippen LogP contribution in [0.15, 0.2) is 33.9 Å². The Balaban J connectivity index is 1.73. The number of aromatic amines is 1. The normalized spacial score (nSPS) is 10.8. The molecule has 140 valence electrons. The van der Waals surface area contributed by atoms with Crippen LogP contribution in [0.4, 0.5) is 0 Å². The summed E-state index contributed by atoms with van der Waals surface area (Å²) in [6.45, 7) is 5.04. The summed E-state index contributed by atoms with van der Waals surface area (Å²) in [6, 6.07) is 7.32. The highest BCUT2D eigenvalue weighted by Gasteiger charge is 2.21. The molecule has 2 heterocycles. The van der Waals surface area contributed by atoms with E-state index in [2.05, 4.69) is 15.2 Å². The molecule has 8 heteroatoms. The monoisotopic (exact) mass is 385 g/mol. The smallest absolute Gasteiger partial charge is 0.277 e. The third kappa shape index (κ3) is 3.80. The first-order chi connectivity index (χ1) is 12.9. The molecule has 7 nitrogen and oxygen atoms in total. The molecule has 3 aromatic rings. The van der Waals surface area contributed by atoms with Crippen LogP contribution in [0.5, 0.6) is 5.75 Å². The molecule has 0 bridgehead atoms. The zero-order valence-electron chi connectivity index (χ0n) is 15.5. The lowest BCUT2D eigenvalue weighted by molar-refractivity contribution is 0.101. The average Bonchev–Trinajstić information content (AvgIpc) is 3.23. The summed E-state index contributed by atoms with van der Waals surface area (Å²) >= 11 is 1.15. The van der Waals surface area contributed by atoms with E-state index in [1.165, 1.54) is 6.92 Å². The van der Waals surface area contributed by atoms with Crippen molar-refractivity contribution in [2.24, 2.45) is 0 Å². The number of Topliss-reactive ketones (excluding diaryl/α,β-unsaturated/α-hetero) is 2. The van der Waals surface area contributed by atoms with Crippen molar-refractivity contribution >= 4 is 23.3 Å². The van der Waals surface area contributed by atoms with E-state index in [-0.39, 0.29) is 22.5 Å². The second-order valence-electron chi connectivity index (χ2n) is 5.97. The van der Waals surface area contributed by atoms with Crippen LogP contribution in [0.3, 0.4) is 0 Å². The number of para-hydroxylation sites is 1. The average molecular weight is 385 g/mol. The Labute approximate surface area is 160 Å². The van der Waals surface area contributed by atoms with Crippen molar-refractivity contribution in [2.75, 3.05) is 12.9 Å². The predicted molar refractivity (Wildman–Crippen MR) is 102 cm³/mol. The maximum Gasteiger partial charge on any atom is 0.277 e. The minimum absolute atomic E-state index is 0.0636. The highest BCUT2D eigenvalue weighted by Crippen LogP contribution is 2.30. The zero-order valence-corrected chi connectivity index (χ0v) is 16.3.